The lowest BCUT2D eigenvalue weighted by atomic mass is 10.1. The van der Waals surface area contributed by atoms with Gasteiger partial charge in [-0.1, -0.05) is 0 Å². The summed E-state index contributed by atoms with van der Waals surface area (Å²) in [5, 5.41) is 16.6. The van der Waals surface area contributed by atoms with Crippen molar-refractivity contribution in [2.75, 3.05) is 33.1 Å². The predicted octanol–water partition coefficient (Wildman–Crippen LogP) is 3.41. The van der Waals surface area contributed by atoms with Crippen LogP contribution in [-0.2, 0) is 11.3 Å². The normalized spacial score (nSPS) is 11.5. The monoisotopic (exact) mass is 432 g/mol. The Bertz CT molecular complexity index is 1160. The number of nitrogens with one attached hydrogen (secondary N) is 1. The van der Waals surface area contributed by atoms with E-state index in [4.69, 9.17) is 4.74 Å². The fourth-order valence-corrected chi connectivity index (χ4v) is 3.42. The number of nitrogens with zero attached hydrogens (tertiary/aromatic N) is 5. The minimum absolute atomic E-state index is 0.0287. The summed E-state index contributed by atoms with van der Waals surface area (Å²) >= 11 is 0. The van der Waals surface area contributed by atoms with Gasteiger partial charge in [0.2, 0.25) is 0 Å². The molecule has 0 unspecified atom stereocenters. The molecule has 0 saturated heterocycles. The maximum atomic E-state index is 12.7. The highest BCUT2D eigenvalue weighted by atomic mass is 16.5. The molecule has 3 rings (SSSR count). The van der Waals surface area contributed by atoms with E-state index in [1.807, 2.05) is 64.3 Å². The van der Waals surface area contributed by atoms with Crippen LogP contribution in [0.5, 0.6) is 5.75 Å². The zero-order valence-electron chi connectivity index (χ0n) is 19.1. The molecule has 0 bridgehead atoms. The minimum atomic E-state index is -0.464. The number of aromatic nitrogens is 3. The third-order valence-electron chi connectivity index (χ3n) is 5.13. The number of hydrogen-bond acceptors (Lipinski definition) is 5. The Morgan fingerprint density at radius 3 is 2.62 bits per heavy atom. The maximum absolute atomic E-state index is 12.7. The number of carbonyl (C=O) groups excluding carboxylic acids is 1. The van der Waals surface area contributed by atoms with Gasteiger partial charge in [-0.15, -0.1) is 0 Å². The van der Waals surface area contributed by atoms with Crippen LogP contribution in [0.2, 0.25) is 0 Å². The number of benzene rings is 1. The van der Waals surface area contributed by atoms with E-state index in [0.29, 0.717) is 12.2 Å². The molecular weight excluding hydrogens is 404 g/mol. The first-order valence-electron chi connectivity index (χ1n) is 10.3. The zero-order chi connectivity index (χ0) is 23.3. The molecule has 2 heterocycles. The van der Waals surface area contributed by atoms with Crippen molar-refractivity contribution in [1.29, 1.82) is 5.26 Å². The molecule has 8 nitrogen and oxygen atoms in total. The van der Waals surface area contributed by atoms with Gasteiger partial charge in [0.1, 0.15) is 17.4 Å². The molecule has 2 aromatic heterocycles. The molecule has 1 aromatic carbocycles. The Morgan fingerprint density at radius 1 is 1.28 bits per heavy atom. The van der Waals surface area contributed by atoms with Crippen LogP contribution in [0.3, 0.4) is 0 Å². The van der Waals surface area contributed by atoms with E-state index >= 15 is 0 Å². The molecule has 166 valence electrons. The molecule has 0 aliphatic heterocycles. The molecular formula is C24H28N6O2. The van der Waals surface area contributed by atoms with Crippen molar-refractivity contribution in [3.05, 3.63) is 65.2 Å². The highest BCUT2D eigenvalue weighted by Gasteiger charge is 2.15. The Kier molecular flexibility index (Phi) is 7.13. The molecule has 32 heavy (non-hydrogen) atoms. The number of anilines is 1. The number of carbonyl (C=O) groups is 1. The van der Waals surface area contributed by atoms with Crippen molar-refractivity contribution in [2.45, 2.75) is 20.4 Å². The van der Waals surface area contributed by atoms with E-state index in [1.165, 1.54) is 0 Å². The van der Waals surface area contributed by atoms with Crippen LogP contribution in [0.15, 0.2) is 48.3 Å². The van der Waals surface area contributed by atoms with Gasteiger partial charge in [0.25, 0.3) is 5.91 Å². The van der Waals surface area contributed by atoms with Crippen LogP contribution in [0.25, 0.3) is 11.8 Å². The summed E-state index contributed by atoms with van der Waals surface area (Å²) in [6, 6.07) is 11.7. The van der Waals surface area contributed by atoms with Gasteiger partial charge in [-0.25, -0.2) is 0 Å². The van der Waals surface area contributed by atoms with Gasteiger partial charge in [-0.3, -0.25) is 9.48 Å². The number of ether oxygens (including phenoxy) is 1. The summed E-state index contributed by atoms with van der Waals surface area (Å²) in [6.07, 6.45) is 4.96. The summed E-state index contributed by atoms with van der Waals surface area (Å²) in [7, 11) is 5.61. The molecule has 8 heteroatoms. The molecule has 0 aliphatic rings. The standard InChI is InChI=1S/C24H28N6O2/c1-17-12-19(18(2)30(17)22-6-8-23(32-5)9-7-22)13-20(14-25)24(31)27-21-15-26-29(16-21)11-10-28(3)4/h6-9,12-13,15-16H,10-11H2,1-5H3,(H,27,31)/b20-13-. The number of rotatable bonds is 8. The third-order valence-corrected chi connectivity index (χ3v) is 5.13. The number of aryl methyl sites for hydroxylation is 1. The molecule has 0 spiro atoms. The van der Waals surface area contributed by atoms with Crippen LogP contribution in [0.1, 0.15) is 17.0 Å². The van der Waals surface area contributed by atoms with Gasteiger partial charge in [0.15, 0.2) is 0 Å². The van der Waals surface area contributed by atoms with E-state index in [-0.39, 0.29) is 5.57 Å². The lowest BCUT2D eigenvalue weighted by Gasteiger charge is -2.10. The van der Waals surface area contributed by atoms with Crippen molar-refractivity contribution in [3.63, 3.8) is 0 Å². The SMILES string of the molecule is COc1ccc(-n2c(C)cc(/C=C(/C#N)C(=O)Nc3cnn(CCN(C)C)c3)c2C)cc1. The van der Waals surface area contributed by atoms with Crippen molar-refractivity contribution >= 4 is 17.7 Å². The van der Waals surface area contributed by atoms with Crippen molar-refractivity contribution in [3.8, 4) is 17.5 Å². The van der Waals surface area contributed by atoms with Crippen LogP contribution >= 0.6 is 0 Å². The van der Waals surface area contributed by atoms with Gasteiger partial charge in [-0.05, 0) is 69.9 Å². The van der Waals surface area contributed by atoms with Crippen LogP contribution in [-0.4, -0.2) is 52.9 Å². The smallest absolute Gasteiger partial charge is 0.266 e. The molecule has 0 atom stereocenters. The van der Waals surface area contributed by atoms with Crippen molar-refractivity contribution < 1.29 is 9.53 Å². The van der Waals surface area contributed by atoms with Crippen LogP contribution in [0.4, 0.5) is 5.69 Å². The number of hydrogen-bond donors (Lipinski definition) is 1. The number of likely N-dealkylation sites (N-methyl/N-ethyl adjacent to an activating group) is 1. The molecule has 0 saturated carbocycles. The predicted molar refractivity (Wildman–Crippen MR) is 125 cm³/mol. The number of nitriles is 1. The van der Waals surface area contributed by atoms with E-state index < -0.39 is 5.91 Å². The molecule has 1 amide bonds. The summed E-state index contributed by atoms with van der Waals surface area (Å²) in [5.74, 6) is 0.318. The molecule has 0 aliphatic carbocycles. The Balaban J connectivity index is 1.80. The van der Waals surface area contributed by atoms with Gasteiger partial charge in [0.05, 0.1) is 25.5 Å². The molecule has 0 radical (unpaired) electrons. The summed E-state index contributed by atoms with van der Waals surface area (Å²) in [5.41, 5.74) is 4.31. The second-order valence-corrected chi connectivity index (χ2v) is 7.78. The van der Waals surface area contributed by atoms with Crippen molar-refractivity contribution in [1.82, 2.24) is 19.2 Å². The Morgan fingerprint density at radius 2 is 2.00 bits per heavy atom. The summed E-state index contributed by atoms with van der Waals surface area (Å²) in [4.78, 5) is 14.8. The maximum Gasteiger partial charge on any atom is 0.266 e. The minimum Gasteiger partial charge on any atom is -0.497 e. The molecule has 1 N–H and O–H groups in total. The number of amides is 1. The lowest BCUT2D eigenvalue weighted by Crippen LogP contribution is -2.18. The van der Waals surface area contributed by atoms with E-state index in [0.717, 1.165) is 34.9 Å². The molecule has 0 fully saturated rings. The lowest BCUT2D eigenvalue weighted by molar-refractivity contribution is -0.112. The highest BCUT2D eigenvalue weighted by Crippen LogP contribution is 2.24. The summed E-state index contributed by atoms with van der Waals surface area (Å²) in [6.45, 7) is 5.50. The quantitative estimate of drug-likeness (QED) is 0.435. The Labute approximate surface area is 188 Å². The zero-order valence-corrected chi connectivity index (χ0v) is 19.1. The van der Waals surface area contributed by atoms with E-state index in [1.54, 1.807) is 30.3 Å². The number of methoxy groups -OCH3 is 1. The fraction of sp³-hybridized carbons (Fsp3) is 0.292. The van der Waals surface area contributed by atoms with Crippen LogP contribution in [0, 0.1) is 25.2 Å². The largest absolute Gasteiger partial charge is 0.497 e. The second kappa shape index (κ2) is 9.98. The second-order valence-electron chi connectivity index (χ2n) is 7.78. The summed E-state index contributed by atoms with van der Waals surface area (Å²) < 4.78 is 9.07. The first-order valence-corrected chi connectivity index (χ1v) is 10.3. The Hall–Kier alpha value is -3.83. The van der Waals surface area contributed by atoms with Crippen molar-refractivity contribution in [2.24, 2.45) is 0 Å². The van der Waals surface area contributed by atoms with Gasteiger partial charge in [-0.2, -0.15) is 10.4 Å². The molecule has 3 aromatic rings. The topological polar surface area (TPSA) is 88.1 Å². The average molecular weight is 433 g/mol. The van der Waals surface area contributed by atoms with Gasteiger partial charge in [0, 0.05) is 29.8 Å². The fourth-order valence-electron chi connectivity index (χ4n) is 3.42. The third kappa shape index (κ3) is 5.25. The first kappa shape index (κ1) is 22.8. The van der Waals surface area contributed by atoms with E-state index in [9.17, 15) is 10.1 Å². The highest BCUT2D eigenvalue weighted by molar-refractivity contribution is 6.09. The van der Waals surface area contributed by atoms with Crippen LogP contribution < -0.4 is 10.1 Å². The first-order chi connectivity index (χ1) is 15.3. The average Bonchev–Trinajstić information content (AvgIpc) is 3.33. The van der Waals surface area contributed by atoms with E-state index in [2.05, 4.69) is 19.9 Å². The van der Waals surface area contributed by atoms with Gasteiger partial charge < -0.3 is 19.5 Å². The van der Waals surface area contributed by atoms with Gasteiger partial charge >= 0.3 is 0 Å².